The molecule has 1 unspecified atom stereocenters. The van der Waals surface area contributed by atoms with Crippen molar-refractivity contribution in [3.8, 4) is 6.07 Å². The Bertz CT molecular complexity index is 378. The lowest BCUT2D eigenvalue weighted by Crippen LogP contribution is -2.18. The molecule has 80 valence electrons. The van der Waals surface area contributed by atoms with E-state index < -0.39 is 11.9 Å². The van der Waals surface area contributed by atoms with Gasteiger partial charge in [0.15, 0.2) is 0 Å². The van der Waals surface area contributed by atoms with Gasteiger partial charge >= 0.3 is 5.97 Å². The van der Waals surface area contributed by atoms with E-state index in [0.717, 1.165) is 5.56 Å². The van der Waals surface area contributed by atoms with Gasteiger partial charge in [-0.2, -0.15) is 10.4 Å². The molecule has 15 heavy (non-hydrogen) atoms. The van der Waals surface area contributed by atoms with Gasteiger partial charge in [0.05, 0.1) is 18.9 Å². The minimum Gasteiger partial charge on any atom is -0.465 e. The largest absolute Gasteiger partial charge is 0.465 e. The first-order valence-corrected chi connectivity index (χ1v) is 4.71. The number of aryl methyl sites for hydroxylation is 1. The van der Waals surface area contributed by atoms with Crippen molar-refractivity contribution in [2.24, 2.45) is 13.0 Å². The van der Waals surface area contributed by atoms with Crippen LogP contribution in [0.25, 0.3) is 0 Å². The molecule has 5 heteroatoms. The van der Waals surface area contributed by atoms with Gasteiger partial charge in [-0.25, -0.2) is 0 Å². The van der Waals surface area contributed by atoms with Crippen LogP contribution in [0.2, 0.25) is 0 Å². The van der Waals surface area contributed by atoms with Gasteiger partial charge in [-0.3, -0.25) is 9.48 Å². The number of nitriles is 1. The first-order valence-electron chi connectivity index (χ1n) is 4.71. The van der Waals surface area contributed by atoms with Gasteiger partial charge in [-0.1, -0.05) is 0 Å². The van der Waals surface area contributed by atoms with Gasteiger partial charge in [0.25, 0.3) is 0 Å². The summed E-state index contributed by atoms with van der Waals surface area (Å²) in [5, 5.41) is 12.8. The summed E-state index contributed by atoms with van der Waals surface area (Å²) in [5.74, 6) is -1.21. The fourth-order valence-corrected chi connectivity index (χ4v) is 1.24. The molecule has 0 bridgehead atoms. The lowest BCUT2D eigenvalue weighted by Gasteiger charge is -2.06. The van der Waals surface area contributed by atoms with Gasteiger partial charge in [0, 0.05) is 19.7 Å². The Labute approximate surface area is 88.3 Å². The van der Waals surface area contributed by atoms with E-state index in [1.165, 1.54) is 0 Å². The average molecular weight is 207 g/mol. The van der Waals surface area contributed by atoms with Crippen LogP contribution in [0.4, 0.5) is 0 Å². The minimum atomic E-state index is -0.742. The van der Waals surface area contributed by atoms with Gasteiger partial charge < -0.3 is 4.74 Å². The van der Waals surface area contributed by atoms with E-state index >= 15 is 0 Å². The van der Waals surface area contributed by atoms with Crippen LogP contribution < -0.4 is 0 Å². The summed E-state index contributed by atoms with van der Waals surface area (Å²) in [6.45, 7) is 2.01. The molecule has 0 saturated carbocycles. The van der Waals surface area contributed by atoms with Gasteiger partial charge in [-0.15, -0.1) is 0 Å². The fraction of sp³-hybridized carbons (Fsp3) is 0.500. The van der Waals surface area contributed by atoms with E-state index in [-0.39, 0.29) is 0 Å². The van der Waals surface area contributed by atoms with E-state index in [9.17, 15) is 4.79 Å². The number of aromatic nitrogens is 2. The first-order chi connectivity index (χ1) is 7.17. The van der Waals surface area contributed by atoms with Crippen molar-refractivity contribution in [2.45, 2.75) is 13.3 Å². The van der Waals surface area contributed by atoms with E-state index in [4.69, 9.17) is 10.00 Å². The fourth-order valence-electron chi connectivity index (χ4n) is 1.24. The quantitative estimate of drug-likeness (QED) is 0.680. The molecule has 1 aromatic rings. The molecule has 5 nitrogen and oxygen atoms in total. The zero-order valence-electron chi connectivity index (χ0n) is 8.80. The second kappa shape index (κ2) is 5.15. The molecule has 0 aliphatic rings. The molecular formula is C10H13N3O2. The monoisotopic (exact) mass is 207 g/mol. The number of ether oxygens (including phenoxy) is 1. The molecule has 0 aliphatic carbocycles. The standard InChI is InChI=1S/C10H13N3O2/c1-3-15-10(14)9(5-11)4-8-6-12-13(2)7-8/h6-7,9H,3-4H2,1-2H3. The number of rotatable bonds is 4. The maximum Gasteiger partial charge on any atom is 0.323 e. The minimum absolute atomic E-state index is 0.296. The molecule has 1 atom stereocenters. The zero-order valence-corrected chi connectivity index (χ0v) is 8.80. The lowest BCUT2D eigenvalue weighted by atomic mass is 10.0. The summed E-state index contributed by atoms with van der Waals surface area (Å²) in [6, 6.07) is 1.93. The van der Waals surface area contributed by atoms with E-state index in [2.05, 4.69) is 5.10 Å². The van der Waals surface area contributed by atoms with Crippen LogP contribution in [0.1, 0.15) is 12.5 Å². The number of esters is 1. The second-order valence-corrected chi connectivity index (χ2v) is 3.16. The zero-order chi connectivity index (χ0) is 11.3. The molecule has 1 heterocycles. The SMILES string of the molecule is CCOC(=O)C(C#N)Cc1cnn(C)c1. The van der Waals surface area contributed by atoms with Crippen molar-refractivity contribution in [3.05, 3.63) is 18.0 Å². The summed E-state index contributed by atoms with van der Waals surface area (Å²) < 4.78 is 6.42. The van der Waals surface area contributed by atoms with E-state index in [1.54, 1.807) is 31.0 Å². The van der Waals surface area contributed by atoms with E-state index in [1.807, 2.05) is 6.07 Å². The highest BCUT2D eigenvalue weighted by Crippen LogP contribution is 2.08. The summed E-state index contributed by atoms with van der Waals surface area (Å²) >= 11 is 0. The topological polar surface area (TPSA) is 67.9 Å². The molecule has 0 spiro atoms. The maximum atomic E-state index is 11.3. The molecule has 1 rings (SSSR count). The Morgan fingerprint density at radius 3 is 3.00 bits per heavy atom. The molecule has 0 saturated heterocycles. The van der Waals surface area contributed by atoms with Crippen molar-refractivity contribution in [3.63, 3.8) is 0 Å². The van der Waals surface area contributed by atoms with Crippen LogP contribution in [-0.4, -0.2) is 22.4 Å². The Kier molecular flexibility index (Phi) is 3.86. The summed E-state index contributed by atoms with van der Waals surface area (Å²) in [4.78, 5) is 11.3. The molecule has 0 aromatic carbocycles. The molecule has 0 radical (unpaired) electrons. The maximum absolute atomic E-state index is 11.3. The van der Waals surface area contributed by atoms with Crippen LogP contribution in [0, 0.1) is 17.2 Å². The Morgan fingerprint density at radius 2 is 2.53 bits per heavy atom. The van der Waals surface area contributed by atoms with Crippen molar-refractivity contribution < 1.29 is 9.53 Å². The van der Waals surface area contributed by atoms with Crippen molar-refractivity contribution >= 4 is 5.97 Å². The highest BCUT2D eigenvalue weighted by atomic mass is 16.5. The number of carbonyl (C=O) groups excluding carboxylic acids is 1. The van der Waals surface area contributed by atoms with Crippen LogP contribution in [0.3, 0.4) is 0 Å². The van der Waals surface area contributed by atoms with Crippen molar-refractivity contribution in [1.82, 2.24) is 9.78 Å². The normalized spacial score (nSPS) is 11.8. The lowest BCUT2D eigenvalue weighted by molar-refractivity contribution is -0.145. The van der Waals surface area contributed by atoms with Crippen LogP contribution >= 0.6 is 0 Å². The molecule has 0 amide bonds. The Hall–Kier alpha value is -1.83. The molecular weight excluding hydrogens is 194 g/mol. The number of carbonyl (C=O) groups is 1. The van der Waals surface area contributed by atoms with Crippen molar-refractivity contribution in [1.29, 1.82) is 5.26 Å². The third-order valence-corrected chi connectivity index (χ3v) is 1.93. The Balaban J connectivity index is 2.62. The predicted octanol–water partition coefficient (Wildman–Crippen LogP) is 0.665. The van der Waals surface area contributed by atoms with Gasteiger partial charge in [-0.05, 0) is 12.5 Å². The first kappa shape index (κ1) is 11.2. The second-order valence-electron chi connectivity index (χ2n) is 3.16. The third kappa shape index (κ3) is 3.09. The van der Waals surface area contributed by atoms with Crippen molar-refractivity contribution in [2.75, 3.05) is 6.61 Å². The average Bonchev–Trinajstić information content (AvgIpc) is 2.61. The Morgan fingerprint density at radius 1 is 1.80 bits per heavy atom. The molecule has 0 fully saturated rings. The van der Waals surface area contributed by atoms with Crippen LogP contribution in [-0.2, 0) is 23.0 Å². The molecule has 0 aliphatic heterocycles. The van der Waals surface area contributed by atoms with Crippen LogP contribution in [0.15, 0.2) is 12.4 Å². The molecule has 1 aromatic heterocycles. The smallest absolute Gasteiger partial charge is 0.323 e. The van der Waals surface area contributed by atoms with Gasteiger partial charge in [0.2, 0.25) is 0 Å². The molecule has 0 N–H and O–H groups in total. The predicted molar refractivity (Wildman–Crippen MR) is 52.6 cm³/mol. The number of nitrogens with zero attached hydrogens (tertiary/aromatic N) is 3. The van der Waals surface area contributed by atoms with Gasteiger partial charge in [0.1, 0.15) is 5.92 Å². The number of hydrogen-bond acceptors (Lipinski definition) is 4. The summed E-state index contributed by atoms with van der Waals surface area (Å²) in [5.41, 5.74) is 0.858. The van der Waals surface area contributed by atoms with E-state index in [0.29, 0.717) is 13.0 Å². The summed E-state index contributed by atoms with van der Waals surface area (Å²) in [7, 11) is 1.79. The highest BCUT2D eigenvalue weighted by Gasteiger charge is 2.20. The summed E-state index contributed by atoms with van der Waals surface area (Å²) in [6.07, 6.45) is 3.77. The number of hydrogen-bond donors (Lipinski definition) is 0. The van der Waals surface area contributed by atoms with Crippen LogP contribution in [0.5, 0.6) is 0 Å². The third-order valence-electron chi connectivity index (χ3n) is 1.93. The highest BCUT2D eigenvalue weighted by molar-refractivity contribution is 5.75.